The van der Waals surface area contributed by atoms with Gasteiger partial charge in [0.1, 0.15) is 46.1 Å². The van der Waals surface area contributed by atoms with E-state index in [2.05, 4.69) is 10.3 Å². The Bertz CT molecular complexity index is 1610. The van der Waals surface area contributed by atoms with Crippen LogP contribution in [0.3, 0.4) is 0 Å². The van der Waals surface area contributed by atoms with Gasteiger partial charge in [-0.15, -0.1) is 5.10 Å². The van der Waals surface area contributed by atoms with Crippen molar-refractivity contribution in [1.82, 2.24) is 15.0 Å². The van der Waals surface area contributed by atoms with Crippen LogP contribution >= 0.6 is 23.2 Å². The Balaban J connectivity index is 1.38. The SMILES string of the molecule is COc1cc(OC)c2c(=O)c3cc(OCc4cn(Cc5ccc(Cl)cc5Cl)nn4)ccc3oc2c1. The highest BCUT2D eigenvalue weighted by molar-refractivity contribution is 6.35. The van der Waals surface area contributed by atoms with Crippen molar-refractivity contribution in [2.75, 3.05) is 14.2 Å². The average molecular weight is 512 g/mol. The number of hydrogen-bond acceptors (Lipinski definition) is 7. The molecule has 0 amide bonds. The topological polar surface area (TPSA) is 88.6 Å². The van der Waals surface area contributed by atoms with E-state index in [1.807, 2.05) is 6.07 Å². The quantitative estimate of drug-likeness (QED) is 0.267. The van der Waals surface area contributed by atoms with Gasteiger partial charge < -0.3 is 18.6 Å². The number of hydrogen-bond donors (Lipinski definition) is 0. The Morgan fingerprint density at radius 3 is 2.60 bits per heavy atom. The molecule has 0 saturated heterocycles. The highest BCUT2D eigenvalue weighted by Crippen LogP contribution is 2.32. The average Bonchev–Trinajstić information content (AvgIpc) is 3.31. The molecule has 0 bridgehead atoms. The predicted molar refractivity (Wildman–Crippen MR) is 133 cm³/mol. The lowest BCUT2D eigenvalue weighted by Gasteiger charge is -2.10. The van der Waals surface area contributed by atoms with E-state index in [0.29, 0.717) is 61.5 Å². The second-order valence-corrected chi connectivity index (χ2v) is 8.57. The number of rotatable bonds is 7. The minimum atomic E-state index is -0.225. The van der Waals surface area contributed by atoms with Crippen LogP contribution in [0.25, 0.3) is 21.9 Å². The fraction of sp³-hybridized carbons (Fsp3) is 0.160. The lowest BCUT2D eigenvalue weighted by Crippen LogP contribution is -2.05. The molecule has 5 aromatic rings. The van der Waals surface area contributed by atoms with Crippen molar-refractivity contribution in [3.05, 3.63) is 86.3 Å². The van der Waals surface area contributed by atoms with E-state index in [9.17, 15) is 4.79 Å². The number of halogens is 2. The van der Waals surface area contributed by atoms with E-state index >= 15 is 0 Å². The molecule has 2 aromatic heterocycles. The molecule has 0 aliphatic carbocycles. The first-order valence-electron chi connectivity index (χ1n) is 10.5. The van der Waals surface area contributed by atoms with Crippen LogP contribution in [0.5, 0.6) is 17.2 Å². The molecule has 3 aromatic carbocycles. The molecule has 0 saturated carbocycles. The molecule has 35 heavy (non-hydrogen) atoms. The van der Waals surface area contributed by atoms with Gasteiger partial charge in [-0.05, 0) is 35.9 Å². The zero-order chi connectivity index (χ0) is 24.5. The standard InChI is InChI=1S/C25H19Cl2N3O5/c1-32-18-9-22(33-2)24-23(10-18)35-21-6-5-17(8-19(21)25(24)31)34-13-16-12-30(29-28-16)11-14-3-4-15(26)7-20(14)27/h3-10,12H,11,13H2,1-2H3. The van der Waals surface area contributed by atoms with Gasteiger partial charge in [0.2, 0.25) is 5.43 Å². The number of ether oxygens (including phenoxy) is 3. The van der Waals surface area contributed by atoms with Crippen molar-refractivity contribution in [1.29, 1.82) is 0 Å². The number of methoxy groups -OCH3 is 2. The molecule has 0 spiro atoms. The second-order valence-electron chi connectivity index (χ2n) is 7.72. The molecule has 10 heteroatoms. The molecule has 0 aliphatic rings. The number of benzene rings is 3. The number of aromatic nitrogens is 3. The summed E-state index contributed by atoms with van der Waals surface area (Å²) in [5, 5.41) is 10.1. The van der Waals surface area contributed by atoms with Gasteiger partial charge in [0.05, 0.1) is 32.3 Å². The van der Waals surface area contributed by atoms with Gasteiger partial charge in [0, 0.05) is 22.2 Å². The maximum Gasteiger partial charge on any atom is 0.204 e. The summed E-state index contributed by atoms with van der Waals surface area (Å²) in [6, 6.07) is 13.7. The predicted octanol–water partition coefficient (Wildman–Crippen LogP) is 5.49. The first-order chi connectivity index (χ1) is 16.9. The Morgan fingerprint density at radius 2 is 1.83 bits per heavy atom. The van der Waals surface area contributed by atoms with Crippen LogP contribution in [-0.4, -0.2) is 29.2 Å². The Labute approximate surface area is 209 Å². The third kappa shape index (κ3) is 4.62. The van der Waals surface area contributed by atoms with E-state index < -0.39 is 0 Å². The van der Waals surface area contributed by atoms with Crippen LogP contribution in [0.4, 0.5) is 0 Å². The lowest BCUT2D eigenvalue weighted by molar-refractivity contribution is 0.301. The van der Waals surface area contributed by atoms with Crippen molar-refractivity contribution < 1.29 is 18.6 Å². The lowest BCUT2D eigenvalue weighted by atomic mass is 10.1. The van der Waals surface area contributed by atoms with Gasteiger partial charge in [-0.1, -0.05) is 34.5 Å². The summed E-state index contributed by atoms with van der Waals surface area (Å²) < 4.78 is 24.1. The van der Waals surface area contributed by atoms with E-state index in [4.69, 9.17) is 41.8 Å². The van der Waals surface area contributed by atoms with Crippen LogP contribution in [0.2, 0.25) is 10.0 Å². The fourth-order valence-corrected chi connectivity index (χ4v) is 4.20. The van der Waals surface area contributed by atoms with Crippen LogP contribution in [0.1, 0.15) is 11.3 Å². The van der Waals surface area contributed by atoms with Crippen LogP contribution < -0.4 is 19.6 Å². The molecular formula is C25H19Cl2N3O5. The van der Waals surface area contributed by atoms with Crippen LogP contribution in [-0.2, 0) is 13.2 Å². The summed E-state index contributed by atoms with van der Waals surface area (Å²) in [5.41, 5.74) is 2.07. The first-order valence-corrected chi connectivity index (χ1v) is 11.3. The number of nitrogens with zero attached hydrogens (tertiary/aromatic N) is 3. The summed E-state index contributed by atoms with van der Waals surface area (Å²) in [6.45, 7) is 0.610. The van der Waals surface area contributed by atoms with E-state index in [1.54, 1.807) is 53.3 Å². The first kappa shape index (κ1) is 23.0. The van der Waals surface area contributed by atoms with E-state index in [1.165, 1.54) is 14.2 Å². The molecule has 0 radical (unpaired) electrons. The van der Waals surface area contributed by atoms with Crippen molar-refractivity contribution in [2.45, 2.75) is 13.2 Å². The molecule has 178 valence electrons. The molecule has 8 nitrogen and oxygen atoms in total. The van der Waals surface area contributed by atoms with Gasteiger partial charge in [-0.25, -0.2) is 4.68 Å². The van der Waals surface area contributed by atoms with Crippen LogP contribution in [0.15, 0.2) is 63.9 Å². The van der Waals surface area contributed by atoms with Gasteiger partial charge in [0.25, 0.3) is 0 Å². The summed E-state index contributed by atoms with van der Waals surface area (Å²) in [7, 11) is 3.03. The maximum absolute atomic E-state index is 13.2. The highest BCUT2D eigenvalue weighted by Gasteiger charge is 2.15. The van der Waals surface area contributed by atoms with Crippen molar-refractivity contribution >= 4 is 45.1 Å². The largest absolute Gasteiger partial charge is 0.496 e. The fourth-order valence-electron chi connectivity index (χ4n) is 3.73. The zero-order valence-corrected chi connectivity index (χ0v) is 20.3. The van der Waals surface area contributed by atoms with Crippen molar-refractivity contribution in [3.8, 4) is 17.2 Å². The third-order valence-corrected chi connectivity index (χ3v) is 6.04. The van der Waals surface area contributed by atoms with Gasteiger partial charge in [0.15, 0.2) is 0 Å². The molecule has 0 aliphatic heterocycles. The van der Waals surface area contributed by atoms with Gasteiger partial charge in [-0.2, -0.15) is 0 Å². The normalized spacial score (nSPS) is 11.2. The third-order valence-electron chi connectivity index (χ3n) is 5.46. The Hall–Kier alpha value is -3.75. The molecule has 0 fully saturated rings. The Morgan fingerprint density at radius 1 is 0.971 bits per heavy atom. The minimum absolute atomic E-state index is 0.166. The van der Waals surface area contributed by atoms with Crippen molar-refractivity contribution in [3.63, 3.8) is 0 Å². The second kappa shape index (κ2) is 9.48. The Kier molecular flexibility index (Phi) is 6.23. The van der Waals surface area contributed by atoms with Crippen molar-refractivity contribution in [2.24, 2.45) is 0 Å². The molecular weight excluding hydrogens is 493 g/mol. The van der Waals surface area contributed by atoms with E-state index in [0.717, 1.165) is 5.56 Å². The smallest absolute Gasteiger partial charge is 0.204 e. The maximum atomic E-state index is 13.2. The summed E-state index contributed by atoms with van der Waals surface area (Å²) in [5.74, 6) is 1.40. The molecule has 5 rings (SSSR count). The summed E-state index contributed by atoms with van der Waals surface area (Å²) in [4.78, 5) is 13.2. The summed E-state index contributed by atoms with van der Waals surface area (Å²) in [6.07, 6.45) is 1.77. The minimum Gasteiger partial charge on any atom is -0.496 e. The number of fused-ring (bicyclic) bond motifs is 2. The molecule has 0 atom stereocenters. The highest BCUT2D eigenvalue weighted by atomic mass is 35.5. The van der Waals surface area contributed by atoms with Gasteiger partial charge in [-0.3, -0.25) is 4.79 Å². The van der Waals surface area contributed by atoms with Gasteiger partial charge >= 0.3 is 0 Å². The molecule has 0 unspecified atom stereocenters. The molecule has 2 heterocycles. The monoisotopic (exact) mass is 511 g/mol. The van der Waals surface area contributed by atoms with Crippen LogP contribution in [0, 0.1) is 0 Å². The van der Waals surface area contributed by atoms with E-state index in [-0.39, 0.29) is 12.0 Å². The molecule has 0 N–H and O–H groups in total. The summed E-state index contributed by atoms with van der Waals surface area (Å²) >= 11 is 12.2. The zero-order valence-electron chi connectivity index (χ0n) is 18.7.